The van der Waals surface area contributed by atoms with Gasteiger partial charge in [0.15, 0.2) is 5.11 Å². The molecule has 0 saturated heterocycles. The first-order valence-electron chi connectivity index (χ1n) is 7.62. The maximum Gasteiger partial charge on any atom is 0.243 e. The molecule has 24 heavy (non-hydrogen) atoms. The highest BCUT2D eigenvalue weighted by atomic mass is 79.9. The number of halogens is 1. The molecule has 1 aromatic carbocycles. The van der Waals surface area contributed by atoms with Gasteiger partial charge in [0.25, 0.3) is 0 Å². The number of amides is 1. The van der Waals surface area contributed by atoms with Crippen LogP contribution in [0, 0.1) is 5.92 Å². The van der Waals surface area contributed by atoms with Gasteiger partial charge in [0.05, 0.1) is 23.1 Å². The first-order chi connectivity index (χ1) is 11.5. The lowest BCUT2D eigenvalue weighted by Crippen LogP contribution is -2.46. The van der Waals surface area contributed by atoms with Gasteiger partial charge in [-0.2, -0.15) is 5.10 Å². The SMILES string of the molecule is CCc1ccccc1NC(=S)NNC(=O)[C@@H](C)Cn1cc(Br)cn1. The lowest BCUT2D eigenvalue weighted by molar-refractivity contribution is -0.125. The Labute approximate surface area is 155 Å². The van der Waals surface area contributed by atoms with Crippen molar-refractivity contribution in [2.75, 3.05) is 5.32 Å². The molecule has 0 saturated carbocycles. The molecule has 2 aromatic rings. The number of hydrazine groups is 1. The summed E-state index contributed by atoms with van der Waals surface area (Å²) in [6.45, 7) is 4.39. The van der Waals surface area contributed by atoms with Crippen LogP contribution in [0.2, 0.25) is 0 Å². The van der Waals surface area contributed by atoms with Crippen molar-refractivity contribution < 1.29 is 4.79 Å². The van der Waals surface area contributed by atoms with Crippen molar-refractivity contribution in [1.29, 1.82) is 0 Å². The number of anilines is 1. The number of carbonyl (C=O) groups is 1. The maximum absolute atomic E-state index is 12.1. The molecule has 0 aliphatic carbocycles. The van der Waals surface area contributed by atoms with Gasteiger partial charge >= 0.3 is 0 Å². The molecule has 0 unspecified atom stereocenters. The smallest absolute Gasteiger partial charge is 0.243 e. The van der Waals surface area contributed by atoms with Crippen molar-refractivity contribution in [2.45, 2.75) is 26.8 Å². The summed E-state index contributed by atoms with van der Waals surface area (Å²) in [5, 5.41) is 7.58. The van der Waals surface area contributed by atoms with Crippen LogP contribution < -0.4 is 16.2 Å². The number of para-hydroxylation sites is 1. The molecule has 8 heteroatoms. The van der Waals surface area contributed by atoms with Gasteiger partial charge in [-0.25, -0.2) is 0 Å². The molecule has 1 amide bonds. The second-order valence-corrected chi connectivity index (χ2v) is 6.68. The van der Waals surface area contributed by atoms with E-state index in [-0.39, 0.29) is 11.8 Å². The van der Waals surface area contributed by atoms with Gasteiger partial charge in [0.2, 0.25) is 5.91 Å². The Morgan fingerprint density at radius 3 is 2.79 bits per heavy atom. The summed E-state index contributed by atoms with van der Waals surface area (Å²) in [4.78, 5) is 12.1. The monoisotopic (exact) mass is 409 g/mol. The fourth-order valence-electron chi connectivity index (χ4n) is 2.15. The summed E-state index contributed by atoms with van der Waals surface area (Å²) in [5.74, 6) is -0.412. The van der Waals surface area contributed by atoms with E-state index in [0.717, 1.165) is 22.1 Å². The van der Waals surface area contributed by atoms with Crippen LogP contribution in [0.15, 0.2) is 41.1 Å². The molecule has 1 atom stereocenters. The minimum Gasteiger partial charge on any atom is -0.331 e. The van der Waals surface area contributed by atoms with Gasteiger partial charge in [-0.3, -0.25) is 20.3 Å². The van der Waals surface area contributed by atoms with E-state index >= 15 is 0 Å². The predicted octanol–water partition coefficient (Wildman–Crippen LogP) is 2.86. The minimum atomic E-state index is -0.255. The molecule has 0 spiro atoms. The van der Waals surface area contributed by atoms with Gasteiger partial charge in [0, 0.05) is 11.9 Å². The van der Waals surface area contributed by atoms with Crippen LogP contribution in [-0.4, -0.2) is 20.8 Å². The Morgan fingerprint density at radius 1 is 1.38 bits per heavy atom. The van der Waals surface area contributed by atoms with Crippen LogP contribution in [0.25, 0.3) is 0 Å². The molecule has 0 radical (unpaired) electrons. The second-order valence-electron chi connectivity index (χ2n) is 5.36. The van der Waals surface area contributed by atoms with Crippen LogP contribution in [0.4, 0.5) is 5.69 Å². The van der Waals surface area contributed by atoms with Crippen LogP contribution in [0.1, 0.15) is 19.4 Å². The summed E-state index contributed by atoms with van der Waals surface area (Å²) in [6, 6.07) is 7.91. The standard InChI is InChI=1S/C16H20BrN5OS/c1-3-12-6-4-5-7-14(12)19-16(24)21-20-15(23)11(2)9-22-10-13(17)8-18-22/h4-8,10-11H,3,9H2,1-2H3,(H,20,23)(H2,19,21,24)/t11-/m0/s1. The zero-order chi connectivity index (χ0) is 17.5. The third-order valence-electron chi connectivity index (χ3n) is 3.46. The van der Waals surface area contributed by atoms with Crippen LogP contribution in [0.3, 0.4) is 0 Å². The summed E-state index contributed by atoms with van der Waals surface area (Å²) >= 11 is 8.55. The molecule has 0 aliphatic rings. The largest absolute Gasteiger partial charge is 0.331 e. The van der Waals surface area contributed by atoms with Crippen LogP contribution >= 0.6 is 28.1 Å². The normalized spacial score (nSPS) is 11.6. The molecule has 1 aromatic heterocycles. The quantitative estimate of drug-likeness (QED) is 0.523. The number of rotatable bonds is 5. The van der Waals surface area contributed by atoms with Crippen molar-refractivity contribution >= 4 is 44.9 Å². The number of carbonyl (C=O) groups excluding carboxylic acids is 1. The Bertz CT molecular complexity index is 718. The highest BCUT2D eigenvalue weighted by molar-refractivity contribution is 9.10. The molecule has 3 N–H and O–H groups in total. The van der Waals surface area contributed by atoms with Crippen molar-refractivity contribution in [3.05, 3.63) is 46.7 Å². The van der Waals surface area contributed by atoms with E-state index in [1.54, 1.807) is 10.9 Å². The number of aromatic nitrogens is 2. The Morgan fingerprint density at radius 2 is 2.12 bits per heavy atom. The van der Waals surface area contributed by atoms with Crippen LogP contribution in [-0.2, 0) is 17.8 Å². The second kappa shape index (κ2) is 8.79. The zero-order valence-electron chi connectivity index (χ0n) is 13.5. The summed E-state index contributed by atoms with van der Waals surface area (Å²) < 4.78 is 2.59. The third kappa shape index (κ3) is 5.31. The summed E-state index contributed by atoms with van der Waals surface area (Å²) in [5.41, 5.74) is 7.45. The molecular weight excluding hydrogens is 390 g/mol. The van der Waals surface area contributed by atoms with Gasteiger partial charge in [0.1, 0.15) is 0 Å². The maximum atomic E-state index is 12.1. The van der Waals surface area contributed by atoms with Crippen molar-refractivity contribution in [1.82, 2.24) is 20.6 Å². The fourth-order valence-corrected chi connectivity index (χ4v) is 2.64. The average molecular weight is 410 g/mol. The third-order valence-corrected chi connectivity index (χ3v) is 4.07. The molecule has 0 bridgehead atoms. The number of benzene rings is 1. The molecular formula is C16H20BrN5OS. The molecule has 2 rings (SSSR count). The number of nitrogens with one attached hydrogen (secondary N) is 3. The van der Waals surface area contributed by atoms with E-state index in [4.69, 9.17) is 12.2 Å². The van der Waals surface area contributed by atoms with Gasteiger partial charge in [-0.15, -0.1) is 0 Å². The topological polar surface area (TPSA) is 71.0 Å². The number of hydrogen-bond acceptors (Lipinski definition) is 3. The van der Waals surface area contributed by atoms with Crippen molar-refractivity contribution in [2.24, 2.45) is 5.92 Å². The molecule has 1 heterocycles. The Kier molecular flexibility index (Phi) is 6.74. The molecule has 6 nitrogen and oxygen atoms in total. The highest BCUT2D eigenvalue weighted by Gasteiger charge is 2.14. The van der Waals surface area contributed by atoms with Gasteiger partial charge < -0.3 is 5.32 Å². The molecule has 0 fully saturated rings. The van der Waals surface area contributed by atoms with E-state index in [9.17, 15) is 4.79 Å². The average Bonchev–Trinajstić information content (AvgIpc) is 2.98. The molecule has 0 aliphatic heterocycles. The van der Waals surface area contributed by atoms with Crippen molar-refractivity contribution in [3.63, 3.8) is 0 Å². The van der Waals surface area contributed by atoms with Crippen molar-refractivity contribution in [3.8, 4) is 0 Å². The number of aryl methyl sites for hydroxylation is 1. The highest BCUT2D eigenvalue weighted by Crippen LogP contribution is 2.15. The van der Waals surface area contributed by atoms with E-state index < -0.39 is 0 Å². The van der Waals surface area contributed by atoms with E-state index in [2.05, 4.69) is 44.1 Å². The first-order valence-corrected chi connectivity index (χ1v) is 8.82. The van der Waals surface area contributed by atoms with Gasteiger partial charge in [-0.05, 0) is 46.2 Å². The van der Waals surface area contributed by atoms with E-state index in [1.165, 1.54) is 0 Å². The molecule has 128 valence electrons. The predicted molar refractivity (Wildman–Crippen MR) is 102 cm³/mol. The lowest BCUT2D eigenvalue weighted by atomic mass is 10.1. The Balaban J connectivity index is 1.81. The number of thiocarbonyl (C=S) groups is 1. The number of hydrogen-bond donors (Lipinski definition) is 3. The van der Waals surface area contributed by atoms with Crippen LogP contribution in [0.5, 0.6) is 0 Å². The summed E-state index contributed by atoms with van der Waals surface area (Å²) in [7, 11) is 0. The number of nitrogens with zero attached hydrogens (tertiary/aromatic N) is 2. The summed E-state index contributed by atoms with van der Waals surface area (Å²) in [6.07, 6.45) is 4.41. The Hall–Kier alpha value is -1.93. The van der Waals surface area contributed by atoms with E-state index in [1.807, 2.05) is 37.4 Å². The first kappa shape index (κ1) is 18.4. The zero-order valence-corrected chi connectivity index (χ0v) is 15.9. The van der Waals surface area contributed by atoms with E-state index in [0.29, 0.717) is 11.7 Å². The minimum absolute atomic E-state index is 0.158. The fraction of sp³-hybridized carbons (Fsp3) is 0.312. The lowest BCUT2D eigenvalue weighted by Gasteiger charge is -2.16. The van der Waals surface area contributed by atoms with Gasteiger partial charge in [-0.1, -0.05) is 32.0 Å².